The lowest BCUT2D eigenvalue weighted by atomic mass is 9.58. The Morgan fingerprint density at radius 2 is 1.80 bits per heavy atom. The molecule has 7 N–H and O–H groups in total. The standard InChI is InChI=1S/C29H30N4O7/c1-31-12-32-15-6-4-13(5-7-15)16-8-9-19(34)21-17(16)10-14-11-18-23(33(2)3)25(36)22(28(30)39)27(38)29(18,40)26(37)20(14)24(21)35/h4-9,12,14,18,23,34,36-37,40H,10-11H2,1-3H3,(H2,30,39)(H,31,32). The molecule has 11 heteroatoms. The second kappa shape index (κ2) is 9.61. The highest BCUT2D eigenvalue weighted by atomic mass is 16.3. The van der Waals surface area contributed by atoms with Crippen LogP contribution >= 0.6 is 0 Å². The van der Waals surface area contributed by atoms with Crippen LogP contribution < -0.4 is 11.1 Å². The van der Waals surface area contributed by atoms with Crippen LogP contribution in [0.1, 0.15) is 22.3 Å². The Morgan fingerprint density at radius 3 is 2.40 bits per heavy atom. The number of hydrogen-bond donors (Lipinski definition) is 6. The normalized spacial score (nSPS) is 26.2. The van der Waals surface area contributed by atoms with Gasteiger partial charge in [0.05, 0.1) is 23.6 Å². The summed E-state index contributed by atoms with van der Waals surface area (Å²) >= 11 is 0. The summed E-state index contributed by atoms with van der Waals surface area (Å²) in [5, 5.41) is 47.6. The van der Waals surface area contributed by atoms with Gasteiger partial charge in [0.25, 0.3) is 5.91 Å². The molecule has 0 aromatic heterocycles. The van der Waals surface area contributed by atoms with Gasteiger partial charge in [-0.2, -0.15) is 0 Å². The summed E-state index contributed by atoms with van der Waals surface area (Å²) in [5.41, 5.74) is 4.40. The van der Waals surface area contributed by atoms with E-state index in [1.807, 2.05) is 24.3 Å². The number of hydrogen-bond acceptors (Lipinski definition) is 9. The molecule has 0 bridgehead atoms. The van der Waals surface area contributed by atoms with Crippen molar-refractivity contribution in [2.75, 3.05) is 21.1 Å². The number of allylic oxidation sites excluding steroid dienone is 1. The molecule has 3 aliphatic carbocycles. The van der Waals surface area contributed by atoms with Crippen LogP contribution in [0.25, 0.3) is 11.1 Å². The summed E-state index contributed by atoms with van der Waals surface area (Å²) < 4.78 is 0. The minimum absolute atomic E-state index is 0.0263. The Labute approximate surface area is 230 Å². The van der Waals surface area contributed by atoms with Crippen molar-refractivity contribution in [1.29, 1.82) is 0 Å². The number of ketones is 2. The Hall–Kier alpha value is -4.48. The van der Waals surface area contributed by atoms with Crippen LogP contribution in [-0.4, -0.2) is 81.9 Å². The number of phenolic OH excluding ortho intramolecular Hbond substituents is 1. The lowest BCUT2D eigenvalue weighted by Gasteiger charge is -2.50. The number of amides is 1. The number of primary amides is 1. The molecular weight excluding hydrogens is 516 g/mol. The predicted octanol–water partition coefficient (Wildman–Crippen LogP) is 1.67. The van der Waals surface area contributed by atoms with Crippen molar-refractivity contribution in [3.05, 3.63) is 70.2 Å². The first-order valence-electron chi connectivity index (χ1n) is 12.7. The van der Waals surface area contributed by atoms with Gasteiger partial charge in [0.1, 0.15) is 22.8 Å². The average Bonchev–Trinajstić information content (AvgIpc) is 2.89. The minimum atomic E-state index is -2.67. The number of Topliss-reactive ketones (excluding diaryl/α,β-unsaturated/α-hetero) is 2. The van der Waals surface area contributed by atoms with Gasteiger partial charge in [0.2, 0.25) is 5.78 Å². The molecule has 2 aromatic carbocycles. The van der Waals surface area contributed by atoms with Gasteiger partial charge in [0.15, 0.2) is 11.4 Å². The van der Waals surface area contributed by atoms with E-state index in [4.69, 9.17) is 5.73 Å². The van der Waals surface area contributed by atoms with Crippen LogP contribution in [0, 0.1) is 11.8 Å². The molecule has 4 unspecified atom stereocenters. The molecule has 0 saturated heterocycles. The number of benzene rings is 2. The summed E-state index contributed by atoms with van der Waals surface area (Å²) in [6, 6.07) is 9.37. The van der Waals surface area contributed by atoms with E-state index in [1.54, 1.807) is 33.5 Å². The zero-order valence-electron chi connectivity index (χ0n) is 22.2. The maximum Gasteiger partial charge on any atom is 0.255 e. The van der Waals surface area contributed by atoms with Gasteiger partial charge in [-0.05, 0) is 67.7 Å². The highest BCUT2D eigenvalue weighted by Crippen LogP contribution is 2.53. The molecule has 11 nitrogen and oxygen atoms in total. The highest BCUT2D eigenvalue weighted by Gasteiger charge is 2.63. The van der Waals surface area contributed by atoms with Gasteiger partial charge < -0.3 is 31.5 Å². The topological polar surface area (TPSA) is 186 Å². The average molecular weight is 547 g/mol. The Kier molecular flexibility index (Phi) is 6.51. The Bertz CT molecular complexity index is 1540. The van der Waals surface area contributed by atoms with E-state index in [0.717, 1.165) is 5.56 Å². The largest absolute Gasteiger partial charge is 0.510 e. The number of aromatic hydroxyl groups is 1. The fraction of sp³-hybridized carbons (Fsp3) is 0.310. The molecule has 4 atom stereocenters. The van der Waals surface area contributed by atoms with Gasteiger partial charge in [0, 0.05) is 18.5 Å². The van der Waals surface area contributed by atoms with E-state index in [1.165, 1.54) is 11.0 Å². The number of nitrogens with two attached hydrogens (primary N) is 1. The third-order valence-corrected chi connectivity index (χ3v) is 8.13. The van der Waals surface area contributed by atoms with Crippen molar-refractivity contribution in [1.82, 2.24) is 10.2 Å². The first-order valence-corrected chi connectivity index (χ1v) is 12.7. The Morgan fingerprint density at radius 1 is 1.12 bits per heavy atom. The monoisotopic (exact) mass is 546 g/mol. The molecule has 0 radical (unpaired) electrons. The number of fused-ring (bicyclic) bond motifs is 3. The molecule has 3 aliphatic rings. The Balaban J connectivity index is 1.66. The van der Waals surface area contributed by atoms with E-state index in [9.17, 15) is 34.8 Å². The molecule has 0 aliphatic heterocycles. The molecule has 0 fully saturated rings. The molecule has 0 spiro atoms. The van der Waals surface area contributed by atoms with Crippen molar-refractivity contribution in [2.45, 2.75) is 24.5 Å². The SMILES string of the molecule is CN/C=N\c1ccc(-c2ccc(O)c3c2CC2CC4C(N(C)C)C(O)=C(C(N)=O)C(=O)C4(O)C(O)=C2C3=O)cc1. The first-order chi connectivity index (χ1) is 18.9. The number of carbonyl (C=O) groups is 3. The fourth-order valence-corrected chi connectivity index (χ4v) is 6.39. The van der Waals surface area contributed by atoms with Crippen LogP contribution in [0.3, 0.4) is 0 Å². The van der Waals surface area contributed by atoms with Gasteiger partial charge in [-0.3, -0.25) is 19.3 Å². The molecular formula is C29H30N4O7. The molecule has 2 aromatic rings. The van der Waals surface area contributed by atoms with E-state index < -0.39 is 58.0 Å². The summed E-state index contributed by atoms with van der Waals surface area (Å²) in [6.07, 6.45) is 1.79. The van der Waals surface area contributed by atoms with Crippen LogP contribution in [0.2, 0.25) is 0 Å². The molecule has 5 rings (SSSR count). The summed E-state index contributed by atoms with van der Waals surface area (Å²) in [4.78, 5) is 45.1. The molecule has 0 saturated carbocycles. The second-order valence-electron chi connectivity index (χ2n) is 10.5. The highest BCUT2D eigenvalue weighted by molar-refractivity contribution is 6.24. The number of aliphatic hydroxyl groups is 3. The quantitative estimate of drug-likeness (QED) is 0.184. The van der Waals surface area contributed by atoms with Gasteiger partial charge in [-0.15, -0.1) is 0 Å². The van der Waals surface area contributed by atoms with Crippen molar-refractivity contribution >= 4 is 29.5 Å². The minimum Gasteiger partial charge on any atom is -0.510 e. The predicted molar refractivity (Wildman–Crippen MR) is 146 cm³/mol. The van der Waals surface area contributed by atoms with E-state index in [0.29, 0.717) is 16.8 Å². The molecule has 0 heterocycles. The summed E-state index contributed by atoms with van der Waals surface area (Å²) in [5.74, 6) is -6.76. The van der Waals surface area contributed by atoms with E-state index in [2.05, 4.69) is 10.3 Å². The smallest absolute Gasteiger partial charge is 0.255 e. The second-order valence-corrected chi connectivity index (χ2v) is 10.5. The maximum absolute atomic E-state index is 13.9. The van der Waals surface area contributed by atoms with Crippen molar-refractivity contribution in [2.24, 2.45) is 22.6 Å². The van der Waals surface area contributed by atoms with Crippen molar-refractivity contribution in [3.63, 3.8) is 0 Å². The molecule has 1 amide bonds. The van der Waals surface area contributed by atoms with Crippen molar-refractivity contribution in [3.8, 4) is 16.9 Å². The third-order valence-electron chi connectivity index (χ3n) is 8.13. The van der Waals surface area contributed by atoms with Crippen LogP contribution in [-0.2, 0) is 16.0 Å². The third kappa shape index (κ3) is 3.81. The van der Waals surface area contributed by atoms with Crippen LogP contribution in [0.15, 0.2) is 64.1 Å². The lowest BCUT2D eigenvalue weighted by molar-refractivity contribution is -0.148. The van der Waals surface area contributed by atoms with Gasteiger partial charge in [-0.1, -0.05) is 18.2 Å². The van der Waals surface area contributed by atoms with Crippen LogP contribution in [0.4, 0.5) is 5.69 Å². The fourth-order valence-electron chi connectivity index (χ4n) is 6.39. The number of nitrogens with zero attached hydrogens (tertiary/aromatic N) is 2. The van der Waals surface area contributed by atoms with Crippen molar-refractivity contribution < 1.29 is 34.8 Å². The number of aliphatic imine (C=N–C) groups is 1. The maximum atomic E-state index is 13.9. The number of carbonyl (C=O) groups excluding carboxylic acids is 3. The van der Waals surface area contributed by atoms with E-state index in [-0.39, 0.29) is 29.7 Å². The zero-order chi connectivity index (χ0) is 29.1. The van der Waals surface area contributed by atoms with E-state index >= 15 is 0 Å². The van der Waals surface area contributed by atoms with Gasteiger partial charge >= 0.3 is 0 Å². The number of nitrogens with one attached hydrogen (secondary N) is 1. The lowest BCUT2D eigenvalue weighted by Crippen LogP contribution is -2.63. The molecule has 208 valence electrons. The zero-order valence-corrected chi connectivity index (χ0v) is 22.2. The summed E-state index contributed by atoms with van der Waals surface area (Å²) in [6.45, 7) is 0. The van der Waals surface area contributed by atoms with Crippen LogP contribution in [0.5, 0.6) is 5.75 Å². The number of aliphatic hydroxyl groups excluding tert-OH is 2. The first kappa shape index (κ1) is 27.1. The number of likely N-dealkylation sites (N-methyl/N-ethyl adjacent to an activating group) is 1. The molecule has 40 heavy (non-hydrogen) atoms. The van der Waals surface area contributed by atoms with Gasteiger partial charge in [-0.25, -0.2) is 4.99 Å². The summed E-state index contributed by atoms with van der Waals surface area (Å²) in [7, 11) is 4.92. The number of rotatable bonds is 5. The number of phenols is 1.